The summed E-state index contributed by atoms with van der Waals surface area (Å²) in [5.74, 6) is 0.139. The van der Waals surface area contributed by atoms with Crippen LogP contribution in [-0.4, -0.2) is 63.0 Å². The van der Waals surface area contributed by atoms with Crippen LogP contribution in [0.25, 0.3) is 10.8 Å². The minimum absolute atomic E-state index is 0.139. The van der Waals surface area contributed by atoms with E-state index in [9.17, 15) is 13.5 Å². The topological polar surface area (TPSA) is 81.7 Å². The Morgan fingerprint density at radius 3 is 2.59 bits per heavy atom. The molecule has 148 valence electrons. The molecule has 1 aliphatic heterocycles. The van der Waals surface area contributed by atoms with Gasteiger partial charge in [0.2, 0.25) is 10.0 Å². The predicted molar refractivity (Wildman–Crippen MR) is 111 cm³/mol. The Morgan fingerprint density at radius 2 is 1.78 bits per heavy atom. The average molecular weight is 392 g/mol. The zero-order chi connectivity index (χ0) is 19.1. The number of sulfonamides is 1. The van der Waals surface area contributed by atoms with Gasteiger partial charge in [-0.3, -0.25) is 0 Å². The van der Waals surface area contributed by atoms with E-state index in [4.69, 9.17) is 0 Å². The summed E-state index contributed by atoms with van der Waals surface area (Å²) in [6.45, 7) is 3.37. The Kier molecular flexibility index (Phi) is 7.07. The van der Waals surface area contributed by atoms with E-state index in [-0.39, 0.29) is 11.9 Å². The summed E-state index contributed by atoms with van der Waals surface area (Å²) in [6.07, 6.45) is 1.98. The molecule has 1 saturated heterocycles. The smallest absolute Gasteiger partial charge is 0.211 e. The molecule has 0 aromatic heterocycles. The fourth-order valence-electron chi connectivity index (χ4n) is 3.48. The first-order chi connectivity index (χ1) is 13.0. The van der Waals surface area contributed by atoms with Crippen molar-refractivity contribution < 1.29 is 13.5 Å². The van der Waals surface area contributed by atoms with E-state index in [2.05, 4.69) is 33.1 Å². The van der Waals surface area contributed by atoms with E-state index in [0.717, 1.165) is 48.9 Å². The van der Waals surface area contributed by atoms with Crippen molar-refractivity contribution in [1.29, 1.82) is 0 Å². The van der Waals surface area contributed by atoms with Gasteiger partial charge in [0.15, 0.2) is 0 Å². The summed E-state index contributed by atoms with van der Waals surface area (Å²) in [5.41, 5.74) is 1.01. The number of fused-ring (bicyclic) bond motifs is 1. The zero-order valence-corrected chi connectivity index (χ0v) is 16.4. The van der Waals surface area contributed by atoms with Gasteiger partial charge >= 0.3 is 0 Å². The number of likely N-dealkylation sites (tertiary alicyclic amines) is 1. The van der Waals surface area contributed by atoms with Crippen molar-refractivity contribution >= 4 is 26.5 Å². The number of benzene rings is 2. The van der Waals surface area contributed by atoms with E-state index >= 15 is 0 Å². The lowest BCUT2D eigenvalue weighted by atomic mass is 10.1. The molecule has 0 unspecified atom stereocenters. The second-order valence-electron chi connectivity index (χ2n) is 7.09. The van der Waals surface area contributed by atoms with Gasteiger partial charge in [0, 0.05) is 37.3 Å². The third-order valence-corrected chi connectivity index (χ3v) is 6.47. The Balaban J connectivity index is 1.37. The number of hydrogen-bond donors (Lipinski definition) is 3. The second-order valence-corrected chi connectivity index (χ2v) is 9.02. The summed E-state index contributed by atoms with van der Waals surface area (Å²) < 4.78 is 27.0. The molecule has 3 rings (SSSR count). The number of nitrogens with one attached hydrogen (secondary N) is 2. The first kappa shape index (κ1) is 20.1. The van der Waals surface area contributed by atoms with Crippen LogP contribution < -0.4 is 10.0 Å². The van der Waals surface area contributed by atoms with Crippen molar-refractivity contribution in [1.82, 2.24) is 9.62 Å². The number of hydrogen-bond acceptors (Lipinski definition) is 5. The molecule has 1 aliphatic rings. The predicted octanol–water partition coefficient (Wildman–Crippen LogP) is 2.02. The number of piperidine rings is 1. The summed E-state index contributed by atoms with van der Waals surface area (Å²) in [4.78, 5) is 2.23. The van der Waals surface area contributed by atoms with E-state index in [1.165, 1.54) is 0 Å². The van der Waals surface area contributed by atoms with Crippen molar-refractivity contribution in [2.24, 2.45) is 0 Å². The van der Waals surface area contributed by atoms with Gasteiger partial charge in [-0.15, -0.1) is 0 Å². The molecule has 7 heteroatoms. The molecule has 0 bridgehead atoms. The van der Waals surface area contributed by atoms with Gasteiger partial charge in [0.1, 0.15) is 0 Å². The van der Waals surface area contributed by atoms with Gasteiger partial charge in [-0.25, -0.2) is 13.1 Å². The maximum Gasteiger partial charge on any atom is 0.211 e. The third-order valence-electron chi connectivity index (χ3n) is 5.00. The summed E-state index contributed by atoms with van der Waals surface area (Å²) in [5, 5.41) is 15.1. The lowest BCUT2D eigenvalue weighted by Crippen LogP contribution is -2.37. The third kappa shape index (κ3) is 6.17. The zero-order valence-electron chi connectivity index (χ0n) is 15.6. The molecule has 3 N–H and O–H groups in total. The Morgan fingerprint density at radius 1 is 1.04 bits per heavy atom. The van der Waals surface area contributed by atoms with Crippen LogP contribution in [0.3, 0.4) is 0 Å². The highest BCUT2D eigenvalue weighted by molar-refractivity contribution is 7.89. The van der Waals surface area contributed by atoms with Gasteiger partial charge in [-0.2, -0.15) is 0 Å². The normalized spacial score (nSPS) is 16.6. The molecule has 1 heterocycles. The molecule has 0 spiro atoms. The van der Waals surface area contributed by atoms with Crippen LogP contribution in [-0.2, 0) is 10.0 Å². The van der Waals surface area contributed by atoms with Gasteiger partial charge in [0.05, 0.1) is 11.9 Å². The quantitative estimate of drug-likeness (QED) is 0.570. The molecule has 0 atom stereocenters. The highest BCUT2D eigenvalue weighted by Gasteiger charge is 2.17. The average Bonchev–Trinajstić information content (AvgIpc) is 2.67. The van der Waals surface area contributed by atoms with E-state index in [0.29, 0.717) is 19.5 Å². The van der Waals surface area contributed by atoms with E-state index < -0.39 is 10.0 Å². The summed E-state index contributed by atoms with van der Waals surface area (Å²) in [6, 6.07) is 14.2. The molecule has 0 radical (unpaired) electrons. The summed E-state index contributed by atoms with van der Waals surface area (Å²) in [7, 11) is -3.26. The maximum atomic E-state index is 12.2. The molecule has 2 aromatic carbocycles. The van der Waals surface area contributed by atoms with Gasteiger partial charge < -0.3 is 15.3 Å². The van der Waals surface area contributed by atoms with Crippen molar-refractivity contribution in [3.63, 3.8) is 0 Å². The van der Waals surface area contributed by atoms with Crippen LogP contribution in [0, 0.1) is 0 Å². The fourth-order valence-corrected chi connectivity index (χ4v) is 4.54. The minimum atomic E-state index is -3.26. The molecular formula is C20H29N3O3S. The van der Waals surface area contributed by atoms with Crippen LogP contribution in [0.1, 0.15) is 19.3 Å². The number of aliphatic hydroxyl groups excluding tert-OH is 1. The SMILES string of the molecule is O=S(=O)(CCCN1CCC(O)CC1)NCCNc1cccc2ccccc12. The van der Waals surface area contributed by atoms with Crippen molar-refractivity contribution in [2.75, 3.05) is 43.8 Å². The molecule has 0 amide bonds. The second kappa shape index (κ2) is 9.50. The largest absolute Gasteiger partial charge is 0.393 e. The van der Waals surface area contributed by atoms with Crippen LogP contribution >= 0.6 is 0 Å². The first-order valence-electron chi connectivity index (χ1n) is 9.63. The van der Waals surface area contributed by atoms with Crippen LogP contribution in [0.5, 0.6) is 0 Å². The fraction of sp³-hybridized carbons (Fsp3) is 0.500. The maximum absolute atomic E-state index is 12.2. The van der Waals surface area contributed by atoms with Crippen LogP contribution in [0.15, 0.2) is 42.5 Å². The van der Waals surface area contributed by atoms with Gasteiger partial charge in [-0.1, -0.05) is 36.4 Å². The van der Waals surface area contributed by atoms with Crippen molar-refractivity contribution in [2.45, 2.75) is 25.4 Å². The molecule has 0 aliphatic carbocycles. The first-order valence-corrected chi connectivity index (χ1v) is 11.3. The number of rotatable bonds is 9. The lowest BCUT2D eigenvalue weighted by Gasteiger charge is -2.29. The number of nitrogens with zero attached hydrogens (tertiary/aromatic N) is 1. The Labute approximate surface area is 161 Å². The molecule has 6 nitrogen and oxygen atoms in total. The monoisotopic (exact) mass is 391 g/mol. The Hall–Kier alpha value is -1.67. The number of anilines is 1. The Bertz CT molecular complexity index is 828. The highest BCUT2D eigenvalue weighted by atomic mass is 32.2. The summed E-state index contributed by atoms with van der Waals surface area (Å²) >= 11 is 0. The minimum Gasteiger partial charge on any atom is -0.393 e. The van der Waals surface area contributed by atoms with Crippen molar-refractivity contribution in [3.8, 4) is 0 Å². The standard InChI is InChI=1S/C20H29N3O3S/c24-18-9-14-23(15-10-18)13-4-16-27(25,26)22-12-11-21-20-8-3-6-17-5-1-2-7-19(17)20/h1-3,5-8,18,21-22,24H,4,9-16H2. The molecule has 27 heavy (non-hydrogen) atoms. The van der Waals surface area contributed by atoms with Gasteiger partial charge in [-0.05, 0) is 37.3 Å². The lowest BCUT2D eigenvalue weighted by molar-refractivity contribution is 0.0828. The molecule has 0 saturated carbocycles. The van der Waals surface area contributed by atoms with Crippen molar-refractivity contribution in [3.05, 3.63) is 42.5 Å². The molecular weight excluding hydrogens is 362 g/mol. The van der Waals surface area contributed by atoms with Crippen LogP contribution in [0.2, 0.25) is 0 Å². The molecule has 2 aromatic rings. The number of aliphatic hydroxyl groups is 1. The van der Waals surface area contributed by atoms with Crippen LogP contribution in [0.4, 0.5) is 5.69 Å². The van der Waals surface area contributed by atoms with E-state index in [1.54, 1.807) is 0 Å². The molecule has 1 fully saturated rings. The highest BCUT2D eigenvalue weighted by Crippen LogP contribution is 2.22. The van der Waals surface area contributed by atoms with Gasteiger partial charge in [0.25, 0.3) is 0 Å². The van der Waals surface area contributed by atoms with E-state index in [1.807, 2.05) is 24.3 Å².